The first-order valence-electron chi connectivity index (χ1n) is 7.60. The lowest BCUT2D eigenvalue weighted by Crippen LogP contribution is -2.12. The maximum absolute atomic E-state index is 12.7. The van der Waals surface area contributed by atoms with E-state index in [4.69, 9.17) is 10.5 Å². The molecule has 4 N–H and O–H groups in total. The van der Waals surface area contributed by atoms with Crippen molar-refractivity contribution in [3.05, 3.63) is 48.7 Å². The molecule has 0 bridgehead atoms. The van der Waals surface area contributed by atoms with E-state index in [9.17, 15) is 4.79 Å². The Morgan fingerprint density at radius 1 is 1.35 bits per heavy atom. The highest BCUT2D eigenvalue weighted by Gasteiger charge is 2.19. The summed E-state index contributed by atoms with van der Waals surface area (Å²) in [5, 5.41) is 13.8. The number of aromatic amines is 1. The van der Waals surface area contributed by atoms with E-state index in [-0.39, 0.29) is 5.91 Å². The van der Waals surface area contributed by atoms with Gasteiger partial charge in [0.2, 0.25) is 5.88 Å². The molecular weight excluding hydrogens is 336 g/mol. The van der Waals surface area contributed by atoms with Gasteiger partial charge in [0, 0.05) is 18.6 Å². The summed E-state index contributed by atoms with van der Waals surface area (Å²) in [7, 11) is 1.50. The minimum atomic E-state index is -0.364. The molecule has 1 amide bonds. The molecule has 4 aromatic rings. The summed E-state index contributed by atoms with van der Waals surface area (Å²) >= 11 is 0. The standard InChI is InChI=1S/C16H14N8O2/c1-26-16-10(5-9(17)6-19-16)13-12(8-20-23-13)22-15(25)11-7-21-24-4-2-3-18-14(11)24/h2-8H,17H2,1H3,(H,20,23)(H,22,25). The summed E-state index contributed by atoms with van der Waals surface area (Å²) in [5.74, 6) is -0.0170. The van der Waals surface area contributed by atoms with Crippen LogP contribution in [-0.4, -0.2) is 42.8 Å². The molecular formula is C16H14N8O2. The van der Waals surface area contributed by atoms with E-state index >= 15 is 0 Å². The average molecular weight is 350 g/mol. The topological polar surface area (TPSA) is 136 Å². The van der Waals surface area contributed by atoms with Crippen molar-refractivity contribution >= 4 is 22.9 Å². The van der Waals surface area contributed by atoms with Crippen molar-refractivity contribution in [3.63, 3.8) is 0 Å². The molecule has 0 fully saturated rings. The second kappa shape index (κ2) is 6.16. The van der Waals surface area contributed by atoms with Crippen LogP contribution < -0.4 is 15.8 Å². The minimum Gasteiger partial charge on any atom is -0.481 e. The zero-order valence-corrected chi connectivity index (χ0v) is 13.7. The lowest BCUT2D eigenvalue weighted by Gasteiger charge is -2.08. The number of methoxy groups -OCH3 is 1. The van der Waals surface area contributed by atoms with Crippen LogP contribution in [0.4, 0.5) is 11.4 Å². The number of fused-ring (bicyclic) bond motifs is 1. The van der Waals surface area contributed by atoms with Crippen LogP contribution >= 0.6 is 0 Å². The van der Waals surface area contributed by atoms with Gasteiger partial charge < -0.3 is 15.8 Å². The molecule has 0 saturated heterocycles. The number of nitrogens with two attached hydrogens (primary N) is 1. The molecule has 0 unspecified atom stereocenters. The molecule has 0 atom stereocenters. The number of carbonyl (C=O) groups excluding carboxylic acids is 1. The van der Waals surface area contributed by atoms with Gasteiger partial charge in [-0.05, 0) is 12.1 Å². The highest BCUT2D eigenvalue weighted by atomic mass is 16.5. The Hall–Kier alpha value is -3.95. The zero-order valence-electron chi connectivity index (χ0n) is 13.7. The number of hydrogen-bond donors (Lipinski definition) is 3. The summed E-state index contributed by atoms with van der Waals surface area (Å²) in [4.78, 5) is 21.0. The van der Waals surface area contributed by atoms with Gasteiger partial charge in [-0.25, -0.2) is 14.5 Å². The third-order valence-corrected chi connectivity index (χ3v) is 3.73. The molecule has 4 rings (SSSR count). The molecule has 0 radical (unpaired) electrons. The Morgan fingerprint density at radius 2 is 2.23 bits per heavy atom. The van der Waals surface area contributed by atoms with Crippen molar-refractivity contribution in [1.29, 1.82) is 0 Å². The van der Waals surface area contributed by atoms with Gasteiger partial charge in [0.15, 0.2) is 5.65 Å². The van der Waals surface area contributed by atoms with Crippen molar-refractivity contribution in [2.75, 3.05) is 18.2 Å². The van der Waals surface area contributed by atoms with Crippen LogP contribution in [0.25, 0.3) is 16.9 Å². The highest BCUT2D eigenvalue weighted by molar-refractivity contribution is 6.09. The number of anilines is 2. The van der Waals surface area contributed by atoms with Gasteiger partial charge in [-0.15, -0.1) is 0 Å². The SMILES string of the molecule is COc1ncc(N)cc1-c1n[nH]cc1NC(=O)c1cnn2cccnc12. The minimum absolute atomic E-state index is 0.343. The third-order valence-electron chi connectivity index (χ3n) is 3.73. The predicted molar refractivity (Wildman–Crippen MR) is 93.7 cm³/mol. The summed E-state index contributed by atoms with van der Waals surface area (Å²) in [6.07, 6.45) is 7.82. The second-order valence-electron chi connectivity index (χ2n) is 5.37. The molecule has 0 aliphatic heterocycles. The Kier molecular flexibility index (Phi) is 3.69. The van der Waals surface area contributed by atoms with Crippen molar-refractivity contribution in [3.8, 4) is 17.1 Å². The monoisotopic (exact) mass is 350 g/mol. The Balaban J connectivity index is 1.70. The van der Waals surface area contributed by atoms with Crippen LogP contribution in [0.1, 0.15) is 10.4 Å². The maximum atomic E-state index is 12.7. The average Bonchev–Trinajstić information content (AvgIpc) is 3.28. The van der Waals surface area contributed by atoms with E-state index in [1.807, 2.05) is 0 Å². The largest absolute Gasteiger partial charge is 0.481 e. The Labute approximate surface area is 147 Å². The first-order valence-corrected chi connectivity index (χ1v) is 7.60. The van der Waals surface area contributed by atoms with Crippen LogP contribution in [0, 0.1) is 0 Å². The zero-order chi connectivity index (χ0) is 18.1. The molecule has 4 heterocycles. The number of nitrogens with one attached hydrogen (secondary N) is 2. The van der Waals surface area contributed by atoms with Gasteiger partial charge in [-0.1, -0.05) is 0 Å². The normalized spacial score (nSPS) is 10.8. The van der Waals surface area contributed by atoms with E-state index < -0.39 is 0 Å². The third kappa shape index (κ3) is 2.59. The lowest BCUT2D eigenvalue weighted by atomic mass is 10.1. The summed E-state index contributed by atoms with van der Waals surface area (Å²) < 4.78 is 6.78. The Morgan fingerprint density at radius 3 is 3.08 bits per heavy atom. The molecule has 0 aliphatic rings. The van der Waals surface area contributed by atoms with Crippen molar-refractivity contribution in [1.82, 2.24) is 29.8 Å². The molecule has 130 valence electrons. The quantitative estimate of drug-likeness (QED) is 0.505. The van der Waals surface area contributed by atoms with Gasteiger partial charge >= 0.3 is 0 Å². The first kappa shape index (κ1) is 15.6. The number of carbonyl (C=O) groups is 1. The molecule has 0 spiro atoms. The smallest absolute Gasteiger partial charge is 0.261 e. The van der Waals surface area contributed by atoms with Gasteiger partial charge in [-0.2, -0.15) is 10.2 Å². The predicted octanol–water partition coefficient (Wildman–Crippen LogP) is 1.36. The number of H-pyrrole nitrogens is 1. The van der Waals surface area contributed by atoms with Crippen molar-refractivity contribution < 1.29 is 9.53 Å². The number of hydrogen-bond acceptors (Lipinski definition) is 7. The first-order chi connectivity index (χ1) is 12.7. The number of aromatic nitrogens is 6. The molecule has 26 heavy (non-hydrogen) atoms. The van der Waals surface area contributed by atoms with E-state index in [0.29, 0.717) is 39.7 Å². The number of rotatable bonds is 4. The van der Waals surface area contributed by atoms with Crippen molar-refractivity contribution in [2.24, 2.45) is 0 Å². The molecule has 0 aromatic carbocycles. The Bertz CT molecular complexity index is 1100. The molecule has 4 aromatic heterocycles. The fraction of sp³-hybridized carbons (Fsp3) is 0.0625. The van der Waals surface area contributed by atoms with E-state index in [0.717, 1.165) is 0 Å². The van der Waals surface area contributed by atoms with Crippen LogP contribution in [-0.2, 0) is 0 Å². The summed E-state index contributed by atoms with van der Waals surface area (Å²) in [5.41, 5.74) is 8.54. The van der Waals surface area contributed by atoms with Gasteiger partial charge in [0.1, 0.15) is 11.3 Å². The molecule has 10 nitrogen and oxygen atoms in total. The van der Waals surface area contributed by atoms with Gasteiger partial charge in [-0.3, -0.25) is 9.89 Å². The fourth-order valence-electron chi connectivity index (χ4n) is 2.57. The van der Waals surface area contributed by atoms with Gasteiger partial charge in [0.05, 0.1) is 36.4 Å². The number of nitrogen functional groups attached to an aromatic ring is 1. The lowest BCUT2D eigenvalue weighted by molar-refractivity contribution is 0.102. The molecule has 0 saturated carbocycles. The molecule has 0 aliphatic carbocycles. The summed E-state index contributed by atoms with van der Waals surface area (Å²) in [6, 6.07) is 3.41. The summed E-state index contributed by atoms with van der Waals surface area (Å²) in [6.45, 7) is 0. The van der Waals surface area contributed by atoms with Crippen molar-refractivity contribution in [2.45, 2.75) is 0 Å². The van der Waals surface area contributed by atoms with Crippen LogP contribution in [0.15, 0.2) is 43.1 Å². The van der Waals surface area contributed by atoms with Gasteiger partial charge in [0.25, 0.3) is 5.91 Å². The van der Waals surface area contributed by atoms with E-state index in [2.05, 4.69) is 30.6 Å². The number of pyridine rings is 1. The maximum Gasteiger partial charge on any atom is 0.261 e. The van der Waals surface area contributed by atoms with Crippen LogP contribution in [0.3, 0.4) is 0 Å². The number of amides is 1. The highest BCUT2D eigenvalue weighted by Crippen LogP contribution is 2.33. The number of nitrogens with zero attached hydrogens (tertiary/aromatic N) is 5. The fourth-order valence-corrected chi connectivity index (χ4v) is 2.57. The van der Waals surface area contributed by atoms with Crippen LogP contribution in [0.5, 0.6) is 5.88 Å². The van der Waals surface area contributed by atoms with E-state index in [1.165, 1.54) is 24.0 Å². The van der Waals surface area contributed by atoms with Crippen LogP contribution in [0.2, 0.25) is 0 Å². The number of ether oxygens (including phenoxy) is 1. The second-order valence-corrected chi connectivity index (χ2v) is 5.37. The molecule has 10 heteroatoms. The van der Waals surface area contributed by atoms with E-state index in [1.54, 1.807) is 30.7 Å².